The number of aromatic carboxylic acids is 1. The van der Waals surface area contributed by atoms with Gasteiger partial charge in [0.25, 0.3) is 5.91 Å². The Morgan fingerprint density at radius 1 is 0.882 bits per heavy atom. The van der Waals surface area contributed by atoms with Gasteiger partial charge in [0.05, 0.1) is 21.8 Å². The summed E-state index contributed by atoms with van der Waals surface area (Å²) >= 11 is 1.26. The van der Waals surface area contributed by atoms with Crippen LogP contribution in [0.15, 0.2) is 111 Å². The largest absolute Gasteiger partial charge is 0.478 e. The van der Waals surface area contributed by atoms with E-state index in [9.17, 15) is 14.7 Å². The summed E-state index contributed by atoms with van der Waals surface area (Å²) in [6.45, 7) is 0. The average Bonchev–Trinajstić information content (AvgIpc) is 3.45. The van der Waals surface area contributed by atoms with Crippen LogP contribution in [-0.4, -0.2) is 22.2 Å². The predicted octanol–water partition coefficient (Wildman–Crippen LogP) is 6.45. The number of rotatable bonds is 5. The fourth-order valence-electron chi connectivity index (χ4n) is 3.56. The lowest BCUT2D eigenvalue weighted by atomic mass is 10.1. The van der Waals surface area contributed by atoms with Gasteiger partial charge in [-0.1, -0.05) is 54.6 Å². The Morgan fingerprint density at radius 3 is 2.29 bits per heavy atom. The fourth-order valence-corrected chi connectivity index (χ4v) is 4.54. The number of amidine groups is 1. The SMILES string of the molecule is O=C(O)c1ccccc1-c1ccc(/C=C2\SC(=Nc3ccccc3)N(c3ccccc3)C2=O)o1. The number of benzene rings is 3. The highest BCUT2D eigenvalue weighted by atomic mass is 32.2. The van der Waals surface area contributed by atoms with E-state index in [4.69, 9.17) is 4.42 Å². The smallest absolute Gasteiger partial charge is 0.336 e. The zero-order valence-electron chi connectivity index (χ0n) is 17.8. The van der Waals surface area contributed by atoms with E-state index >= 15 is 0 Å². The van der Waals surface area contributed by atoms with Crippen LogP contribution in [0.4, 0.5) is 11.4 Å². The van der Waals surface area contributed by atoms with Gasteiger partial charge < -0.3 is 9.52 Å². The Bertz CT molecular complexity index is 1430. The van der Waals surface area contributed by atoms with Gasteiger partial charge in [-0.3, -0.25) is 9.69 Å². The molecule has 0 radical (unpaired) electrons. The molecule has 4 aromatic rings. The molecular weight excluding hydrogens is 448 g/mol. The van der Waals surface area contributed by atoms with E-state index in [0.29, 0.717) is 32.8 Å². The van der Waals surface area contributed by atoms with E-state index in [2.05, 4.69) is 4.99 Å². The maximum absolute atomic E-state index is 13.4. The van der Waals surface area contributed by atoms with E-state index in [1.165, 1.54) is 17.8 Å². The first-order valence-corrected chi connectivity index (χ1v) is 11.3. The number of carboxylic acids is 1. The lowest BCUT2D eigenvalue weighted by Crippen LogP contribution is -2.28. The molecule has 0 spiro atoms. The Labute approximate surface area is 199 Å². The molecule has 1 aliphatic heterocycles. The molecule has 34 heavy (non-hydrogen) atoms. The minimum Gasteiger partial charge on any atom is -0.478 e. The number of carboxylic acid groups (broad SMARTS) is 1. The third kappa shape index (κ3) is 4.29. The lowest BCUT2D eigenvalue weighted by Gasteiger charge is -2.15. The summed E-state index contributed by atoms with van der Waals surface area (Å²) in [5.74, 6) is -0.387. The maximum Gasteiger partial charge on any atom is 0.336 e. The van der Waals surface area contributed by atoms with Crippen molar-refractivity contribution in [2.24, 2.45) is 4.99 Å². The molecule has 0 unspecified atom stereocenters. The third-order valence-corrected chi connectivity index (χ3v) is 6.09. The van der Waals surface area contributed by atoms with Gasteiger partial charge in [0.1, 0.15) is 11.5 Å². The molecule has 0 atom stereocenters. The molecule has 0 saturated carbocycles. The number of aliphatic imine (C=N–C) groups is 1. The predicted molar refractivity (Wildman–Crippen MR) is 134 cm³/mol. The van der Waals surface area contributed by atoms with E-state index in [1.54, 1.807) is 41.3 Å². The Balaban J connectivity index is 1.51. The number of hydrogen-bond donors (Lipinski definition) is 1. The number of nitrogens with zero attached hydrogens (tertiary/aromatic N) is 2. The van der Waals surface area contributed by atoms with Crippen LogP contribution in [-0.2, 0) is 4.79 Å². The first kappa shape index (κ1) is 21.5. The molecule has 2 heterocycles. The molecule has 5 rings (SSSR count). The Kier molecular flexibility index (Phi) is 5.84. The van der Waals surface area contributed by atoms with E-state index < -0.39 is 5.97 Å². The van der Waals surface area contributed by atoms with E-state index in [-0.39, 0.29) is 11.5 Å². The second-order valence-corrected chi connectivity index (χ2v) is 8.38. The molecule has 1 amide bonds. The molecule has 3 aromatic carbocycles. The third-order valence-electron chi connectivity index (χ3n) is 5.12. The van der Waals surface area contributed by atoms with Crippen LogP contribution in [0.5, 0.6) is 0 Å². The zero-order chi connectivity index (χ0) is 23.5. The van der Waals surface area contributed by atoms with Crippen molar-refractivity contribution < 1.29 is 19.1 Å². The minimum atomic E-state index is -1.03. The molecule has 166 valence electrons. The summed E-state index contributed by atoms with van der Waals surface area (Å²) in [5, 5.41) is 10.0. The van der Waals surface area contributed by atoms with Crippen LogP contribution < -0.4 is 4.90 Å². The number of carbonyl (C=O) groups is 2. The minimum absolute atomic E-state index is 0.148. The topological polar surface area (TPSA) is 83.1 Å². The number of hydrogen-bond acceptors (Lipinski definition) is 5. The van der Waals surface area contributed by atoms with Crippen molar-refractivity contribution in [1.29, 1.82) is 0 Å². The quantitative estimate of drug-likeness (QED) is 0.342. The van der Waals surface area contributed by atoms with Gasteiger partial charge in [-0.2, -0.15) is 0 Å². The van der Waals surface area contributed by atoms with Crippen LogP contribution in [0.3, 0.4) is 0 Å². The zero-order valence-corrected chi connectivity index (χ0v) is 18.6. The van der Waals surface area contributed by atoms with Gasteiger partial charge in [-0.05, 0) is 54.2 Å². The van der Waals surface area contributed by atoms with Crippen molar-refractivity contribution in [1.82, 2.24) is 0 Å². The lowest BCUT2D eigenvalue weighted by molar-refractivity contribution is -0.113. The molecule has 1 fully saturated rings. The molecule has 1 saturated heterocycles. The van der Waals surface area contributed by atoms with Crippen molar-refractivity contribution in [2.45, 2.75) is 0 Å². The van der Waals surface area contributed by atoms with E-state index in [0.717, 1.165) is 5.69 Å². The second-order valence-electron chi connectivity index (χ2n) is 7.37. The summed E-state index contributed by atoms with van der Waals surface area (Å²) < 4.78 is 5.90. The summed E-state index contributed by atoms with van der Waals surface area (Å²) in [7, 11) is 0. The molecule has 0 bridgehead atoms. The molecule has 0 aliphatic carbocycles. The second kappa shape index (κ2) is 9.25. The molecule has 7 heteroatoms. The fraction of sp³-hybridized carbons (Fsp3) is 0. The van der Waals surface area contributed by atoms with Crippen molar-refractivity contribution >= 4 is 46.3 Å². The summed E-state index contributed by atoms with van der Waals surface area (Å²) in [5.41, 5.74) is 2.08. The monoisotopic (exact) mass is 466 g/mol. The van der Waals surface area contributed by atoms with Crippen LogP contribution in [0.25, 0.3) is 17.4 Å². The Hall–Kier alpha value is -4.36. The van der Waals surface area contributed by atoms with Gasteiger partial charge in [-0.25, -0.2) is 9.79 Å². The highest BCUT2D eigenvalue weighted by Crippen LogP contribution is 2.38. The normalized spacial score (nSPS) is 15.9. The Morgan fingerprint density at radius 2 is 1.56 bits per heavy atom. The first-order chi connectivity index (χ1) is 16.6. The van der Waals surface area contributed by atoms with Gasteiger partial charge in [0.2, 0.25) is 0 Å². The highest BCUT2D eigenvalue weighted by molar-refractivity contribution is 8.19. The molecule has 1 aromatic heterocycles. The van der Waals surface area contributed by atoms with Gasteiger partial charge >= 0.3 is 5.97 Å². The van der Waals surface area contributed by atoms with Crippen LogP contribution in [0.2, 0.25) is 0 Å². The number of furan rings is 1. The summed E-state index contributed by atoms with van der Waals surface area (Å²) in [6.07, 6.45) is 1.66. The number of para-hydroxylation sites is 2. The average molecular weight is 467 g/mol. The summed E-state index contributed by atoms with van der Waals surface area (Å²) in [6, 6.07) is 28.8. The number of anilines is 1. The van der Waals surface area contributed by atoms with Crippen molar-refractivity contribution in [3.63, 3.8) is 0 Å². The van der Waals surface area contributed by atoms with Crippen molar-refractivity contribution in [2.75, 3.05) is 4.90 Å². The highest BCUT2D eigenvalue weighted by Gasteiger charge is 2.35. The van der Waals surface area contributed by atoms with Crippen molar-refractivity contribution in [3.05, 3.63) is 113 Å². The maximum atomic E-state index is 13.4. The van der Waals surface area contributed by atoms with Gasteiger partial charge in [0, 0.05) is 11.6 Å². The van der Waals surface area contributed by atoms with Crippen LogP contribution in [0.1, 0.15) is 16.1 Å². The molecule has 1 aliphatic rings. The number of carbonyl (C=O) groups excluding carboxylic acids is 1. The number of thioether (sulfide) groups is 1. The standard InChI is InChI=1S/C27H18N2O4S/c30-25-24(17-20-15-16-23(33-20)21-13-7-8-14-22(21)26(31)32)34-27(28-18-9-3-1-4-10-18)29(25)19-11-5-2-6-12-19/h1-17H,(H,31,32)/b24-17-,28-27?. The number of amides is 1. The van der Waals surface area contributed by atoms with Gasteiger partial charge in [-0.15, -0.1) is 0 Å². The summed E-state index contributed by atoms with van der Waals surface area (Å²) in [4.78, 5) is 31.6. The first-order valence-electron chi connectivity index (χ1n) is 10.5. The van der Waals surface area contributed by atoms with E-state index in [1.807, 2.05) is 60.7 Å². The molecule has 1 N–H and O–H groups in total. The van der Waals surface area contributed by atoms with Crippen LogP contribution >= 0.6 is 11.8 Å². The van der Waals surface area contributed by atoms with Crippen molar-refractivity contribution in [3.8, 4) is 11.3 Å². The molecule has 6 nitrogen and oxygen atoms in total. The molecular formula is C27H18N2O4S. The van der Waals surface area contributed by atoms with Crippen LogP contribution in [0, 0.1) is 0 Å². The van der Waals surface area contributed by atoms with Gasteiger partial charge in [0.15, 0.2) is 5.17 Å².